The van der Waals surface area contributed by atoms with Gasteiger partial charge in [0.2, 0.25) is 0 Å². The number of likely N-dealkylation sites (tertiary alicyclic amines) is 1. The van der Waals surface area contributed by atoms with Crippen LogP contribution in [0.3, 0.4) is 0 Å². The van der Waals surface area contributed by atoms with Crippen molar-refractivity contribution in [2.75, 3.05) is 6.54 Å². The smallest absolute Gasteiger partial charge is 0.290 e. The number of rotatable bonds is 3. The summed E-state index contributed by atoms with van der Waals surface area (Å²) in [5, 5.41) is 0. The van der Waals surface area contributed by atoms with Crippen LogP contribution in [0.15, 0.2) is 42.9 Å². The van der Waals surface area contributed by atoms with Gasteiger partial charge >= 0.3 is 6.18 Å². The molecule has 0 unspecified atom stereocenters. The highest BCUT2D eigenvalue weighted by molar-refractivity contribution is 5.24. The first kappa shape index (κ1) is 15.9. The molecule has 1 saturated heterocycles. The number of halogens is 3. The van der Waals surface area contributed by atoms with Gasteiger partial charge in [-0.05, 0) is 36.1 Å². The van der Waals surface area contributed by atoms with Crippen molar-refractivity contribution >= 4 is 0 Å². The van der Waals surface area contributed by atoms with Crippen molar-refractivity contribution in [3.8, 4) is 0 Å². The summed E-state index contributed by atoms with van der Waals surface area (Å²) in [7, 11) is 0. The Hall–Kier alpha value is -1.95. The van der Waals surface area contributed by atoms with Gasteiger partial charge in [-0.1, -0.05) is 13.0 Å². The number of hydrogen-bond acceptors (Lipinski definition) is 3. The topological polar surface area (TPSA) is 29.0 Å². The summed E-state index contributed by atoms with van der Waals surface area (Å²) in [6.45, 7) is 3.07. The highest BCUT2D eigenvalue weighted by Crippen LogP contribution is 2.38. The third-order valence-corrected chi connectivity index (χ3v) is 4.23. The molecule has 6 heteroatoms. The van der Waals surface area contributed by atoms with Gasteiger partial charge in [-0.25, -0.2) is 0 Å². The van der Waals surface area contributed by atoms with Gasteiger partial charge in [0, 0.05) is 37.7 Å². The molecule has 0 bridgehead atoms. The van der Waals surface area contributed by atoms with Gasteiger partial charge in [0.1, 0.15) is 0 Å². The van der Waals surface area contributed by atoms with E-state index in [0.717, 1.165) is 24.6 Å². The summed E-state index contributed by atoms with van der Waals surface area (Å²) in [5.74, 6) is 0.429. The van der Waals surface area contributed by atoms with Gasteiger partial charge in [0.25, 0.3) is 0 Å². The number of alkyl halides is 3. The van der Waals surface area contributed by atoms with E-state index >= 15 is 0 Å². The Morgan fingerprint density at radius 2 is 2.00 bits per heavy atom. The summed E-state index contributed by atoms with van der Waals surface area (Å²) in [6, 6.07) is 6.35. The van der Waals surface area contributed by atoms with Crippen LogP contribution in [0, 0.1) is 5.92 Å². The Labute approximate surface area is 133 Å². The number of hydrogen-bond donors (Lipinski definition) is 0. The summed E-state index contributed by atoms with van der Waals surface area (Å²) < 4.78 is 39.5. The van der Waals surface area contributed by atoms with Crippen LogP contribution in [-0.4, -0.2) is 21.4 Å². The van der Waals surface area contributed by atoms with Crippen molar-refractivity contribution in [1.29, 1.82) is 0 Å². The van der Waals surface area contributed by atoms with E-state index in [9.17, 15) is 13.2 Å². The van der Waals surface area contributed by atoms with Gasteiger partial charge in [0.15, 0.2) is 0 Å². The summed E-state index contributed by atoms with van der Waals surface area (Å²) in [4.78, 5) is 10.2. The fourth-order valence-electron chi connectivity index (χ4n) is 3.24. The molecule has 0 spiro atoms. The lowest BCUT2D eigenvalue weighted by molar-refractivity contribution is -0.138. The van der Waals surface area contributed by atoms with Gasteiger partial charge in [-0.3, -0.25) is 14.9 Å². The maximum Gasteiger partial charge on any atom is 0.418 e. The molecule has 3 nitrogen and oxygen atoms in total. The first-order valence-electron chi connectivity index (χ1n) is 7.60. The zero-order chi connectivity index (χ0) is 16.4. The second-order valence-corrected chi connectivity index (χ2v) is 6.07. The molecule has 0 aliphatic carbocycles. The van der Waals surface area contributed by atoms with Gasteiger partial charge < -0.3 is 0 Å². The van der Waals surface area contributed by atoms with Gasteiger partial charge in [-0.15, -0.1) is 0 Å². The summed E-state index contributed by atoms with van der Waals surface area (Å²) in [6.07, 6.45) is 1.45. The quantitative estimate of drug-likeness (QED) is 0.853. The Morgan fingerprint density at radius 1 is 1.22 bits per heavy atom. The lowest BCUT2D eigenvalue weighted by Crippen LogP contribution is -2.26. The molecule has 3 rings (SSSR count). The molecule has 3 heterocycles. The fraction of sp³-hybridized carbons (Fsp3) is 0.412. The fourth-order valence-corrected chi connectivity index (χ4v) is 3.24. The zero-order valence-electron chi connectivity index (χ0n) is 12.8. The Kier molecular flexibility index (Phi) is 4.35. The van der Waals surface area contributed by atoms with Crippen LogP contribution in [0.1, 0.15) is 36.2 Å². The molecule has 122 valence electrons. The average Bonchev–Trinajstić information content (AvgIpc) is 2.88. The van der Waals surface area contributed by atoms with E-state index in [1.54, 1.807) is 12.4 Å². The van der Waals surface area contributed by atoms with E-state index in [4.69, 9.17) is 0 Å². The van der Waals surface area contributed by atoms with Crippen molar-refractivity contribution in [2.24, 2.45) is 5.92 Å². The second kappa shape index (κ2) is 6.28. The van der Waals surface area contributed by atoms with Crippen molar-refractivity contribution in [2.45, 2.75) is 32.1 Å². The first-order valence-corrected chi connectivity index (χ1v) is 7.60. The Balaban J connectivity index is 1.87. The largest absolute Gasteiger partial charge is 0.418 e. The lowest BCUT2D eigenvalue weighted by atomic mass is 10.0. The summed E-state index contributed by atoms with van der Waals surface area (Å²) in [5.41, 5.74) is 0.480. The summed E-state index contributed by atoms with van der Waals surface area (Å²) >= 11 is 0. The number of nitrogens with zero attached hydrogens (tertiary/aromatic N) is 3. The van der Waals surface area contributed by atoms with Crippen molar-refractivity contribution in [3.05, 3.63) is 59.7 Å². The monoisotopic (exact) mass is 321 g/mol. The van der Waals surface area contributed by atoms with Crippen LogP contribution in [0.2, 0.25) is 0 Å². The molecule has 0 radical (unpaired) electrons. The predicted octanol–water partition coefficient (Wildman–Crippen LogP) is 4.08. The number of aromatic nitrogens is 2. The molecule has 2 aromatic heterocycles. The van der Waals surface area contributed by atoms with Crippen molar-refractivity contribution in [3.63, 3.8) is 0 Å². The second-order valence-electron chi connectivity index (χ2n) is 6.07. The minimum absolute atomic E-state index is 0.0850. The van der Waals surface area contributed by atoms with E-state index in [0.29, 0.717) is 5.92 Å². The van der Waals surface area contributed by atoms with Crippen LogP contribution >= 0.6 is 0 Å². The molecule has 1 aliphatic heterocycles. The first-order chi connectivity index (χ1) is 10.9. The van der Waals surface area contributed by atoms with Gasteiger partial charge in [0.05, 0.1) is 11.3 Å². The molecule has 2 aromatic rings. The minimum atomic E-state index is -4.38. The van der Waals surface area contributed by atoms with Crippen LogP contribution in [0.4, 0.5) is 13.2 Å². The third kappa shape index (κ3) is 3.52. The minimum Gasteiger partial charge on any atom is -0.290 e. The van der Waals surface area contributed by atoms with Crippen molar-refractivity contribution in [1.82, 2.24) is 14.9 Å². The number of pyridine rings is 2. The molecule has 0 saturated carbocycles. The van der Waals surface area contributed by atoms with E-state index < -0.39 is 11.7 Å². The molecular formula is C17H18F3N3. The maximum absolute atomic E-state index is 13.2. The highest BCUT2D eigenvalue weighted by Gasteiger charge is 2.36. The van der Waals surface area contributed by atoms with E-state index in [-0.39, 0.29) is 18.3 Å². The molecule has 23 heavy (non-hydrogen) atoms. The molecule has 0 amide bonds. The normalized spacial score (nSPS) is 22.4. The molecule has 1 aliphatic rings. The molecular weight excluding hydrogens is 303 g/mol. The average molecular weight is 321 g/mol. The van der Waals surface area contributed by atoms with Crippen LogP contribution < -0.4 is 0 Å². The lowest BCUT2D eigenvalue weighted by Gasteiger charge is -2.25. The van der Waals surface area contributed by atoms with Crippen LogP contribution in [0.25, 0.3) is 0 Å². The molecule has 2 atom stereocenters. The Bertz CT molecular complexity index is 658. The Morgan fingerprint density at radius 3 is 2.70 bits per heavy atom. The van der Waals surface area contributed by atoms with Crippen molar-refractivity contribution < 1.29 is 13.2 Å². The molecule has 1 fully saturated rings. The third-order valence-electron chi connectivity index (χ3n) is 4.23. The molecule has 0 aromatic carbocycles. The SMILES string of the molecule is C[C@@H]1C[C@H](c2cccnc2)N(Cc2ncccc2C(F)(F)F)C1. The van der Waals surface area contributed by atoms with E-state index in [1.165, 1.54) is 12.3 Å². The van der Waals surface area contributed by atoms with Gasteiger partial charge in [-0.2, -0.15) is 13.2 Å². The maximum atomic E-state index is 13.2. The van der Waals surface area contributed by atoms with Crippen LogP contribution in [-0.2, 0) is 12.7 Å². The highest BCUT2D eigenvalue weighted by atomic mass is 19.4. The van der Waals surface area contributed by atoms with E-state index in [2.05, 4.69) is 21.8 Å². The van der Waals surface area contributed by atoms with Crippen LogP contribution in [0.5, 0.6) is 0 Å². The zero-order valence-corrected chi connectivity index (χ0v) is 12.8. The molecule has 0 N–H and O–H groups in total. The standard InChI is InChI=1S/C17H18F3N3/c1-12-8-16(13-4-2-6-21-9-13)23(10-12)11-15-14(17(18,19)20)5-3-7-22-15/h2-7,9,12,16H,8,10-11H2,1H3/t12-,16-/m1/s1. The van der Waals surface area contributed by atoms with E-state index in [1.807, 2.05) is 12.1 Å². The predicted molar refractivity (Wildman–Crippen MR) is 80.4 cm³/mol.